The van der Waals surface area contributed by atoms with Crippen molar-refractivity contribution in [2.45, 2.75) is 33.6 Å². The molecule has 0 aromatic heterocycles. The minimum Gasteiger partial charge on any atom is -0.481 e. The van der Waals surface area contributed by atoms with Crippen molar-refractivity contribution in [2.75, 3.05) is 0 Å². The van der Waals surface area contributed by atoms with E-state index >= 15 is 0 Å². The summed E-state index contributed by atoms with van der Waals surface area (Å²) in [6, 6.07) is 0. The number of rotatable bonds is 3. The normalized spacial score (nSPS) is 30.9. The van der Waals surface area contributed by atoms with E-state index in [4.69, 9.17) is 10.3 Å². The average molecular weight is 199 g/mol. The minimum absolute atomic E-state index is 0.0608. The lowest BCUT2D eigenvalue weighted by atomic mass is 9.52. The highest BCUT2D eigenvalue weighted by atomic mass is 16.4. The van der Waals surface area contributed by atoms with E-state index in [0.717, 1.165) is 6.42 Å². The zero-order valence-corrected chi connectivity index (χ0v) is 8.82. The summed E-state index contributed by atoms with van der Waals surface area (Å²) in [4.78, 5) is 10.6. The molecule has 1 fully saturated rings. The fourth-order valence-electron chi connectivity index (χ4n) is 2.35. The van der Waals surface area contributed by atoms with Crippen LogP contribution in [-0.2, 0) is 4.79 Å². The highest BCUT2D eigenvalue weighted by Crippen LogP contribution is 2.53. The lowest BCUT2D eigenvalue weighted by Gasteiger charge is -2.51. The number of aliphatic carboxylic acids is 1. The van der Waals surface area contributed by atoms with E-state index in [2.05, 4.69) is 5.16 Å². The number of carbonyl (C=O) groups is 1. The van der Waals surface area contributed by atoms with Gasteiger partial charge in [0.15, 0.2) is 0 Å². The van der Waals surface area contributed by atoms with Crippen LogP contribution in [0.4, 0.5) is 0 Å². The molecule has 80 valence electrons. The Morgan fingerprint density at radius 3 is 2.50 bits per heavy atom. The van der Waals surface area contributed by atoms with Crippen LogP contribution in [0.1, 0.15) is 33.6 Å². The molecule has 1 aliphatic rings. The van der Waals surface area contributed by atoms with Crippen LogP contribution >= 0.6 is 0 Å². The Bertz CT molecular complexity index is 271. The molecule has 0 heterocycles. The molecule has 1 saturated carbocycles. The molecule has 0 spiro atoms. The number of carboxylic acid groups (broad SMARTS) is 1. The Labute approximate surface area is 83.6 Å². The first-order valence-corrected chi connectivity index (χ1v) is 4.80. The number of carboxylic acids is 1. The molecule has 0 aromatic rings. The van der Waals surface area contributed by atoms with Gasteiger partial charge in [0.1, 0.15) is 0 Å². The molecule has 0 aromatic carbocycles. The second kappa shape index (κ2) is 3.59. The van der Waals surface area contributed by atoms with E-state index in [9.17, 15) is 4.79 Å². The van der Waals surface area contributed by atoms with E-state index in [-0.39, 0.29) is 23.7 Å². The van der Waals surface area contributed by atoms with Crippen LogP contribution in [0.5, 0.6) is 0 Å². The molecule has 4 heteroatoms. The van der Waals surface area contributed by atoms with Crippen LogP contribution < -0.4 is 0 Å². The highest BCUT2D eigenvalue weighted by Gasteiger charge is 2.49. The van der Waals surface area contributed by atoms with Gasteiger partial charge in [0.05, 0.1) is 5.71 Å². The topological polar surface area (TPSA) is 69.9 Å². The van der Waals surface area contributed by atoms with Gasteiger partial charge in [0.25, 0.3) is 0 Å². The molecular formula is C10H17NO3. The van der Waals surface area contributed by atoms with Gasteiger partial charge < -0.3 is 10.3 Å². The first kappa shape index (κ1) is 11.0. The minimum atomic E-state index is -0.750. The lowest BCUT2D eigenvalue weighted by Crippen LogP contribution is -2.48. The number of hydrogen-bond acceptors (Lipinski definition) is 3. The second-order valence-electron chi connectivity index (χ2n) is 4.65. The quantitative estimate of drug-likeness (QED) is 0.415. The fourth-order valence-corrected chi connectivity index (χ4v) is 2.35. The van der Waals surface area contributed by atoms with E-state index in [1.54, 1.807) is 6.92 Å². The van der Waals surface area contributed by atoms with Crippen LogP contribution in [0.3, 0.4) is 0 Å². The molecule has 0 aliphatic heterocycles. The Morgan fingerprint density at radius 2 is 2.14 bits per heavy atom. The average Bonchev–Trinajstić information content (AvgIpc) is 2.10. The van der Waals surface area contributed by atoms with Gasteiger partial charge in [-0.05, 0) is 24.7 Å². The van der Waals surface area contributed by atoms with E-state index in [1.807, 2.05) is 13.8 Å². The number of hydrogen-bond donors (Lipinski definition) is 2. The monoisotopic (exact) mass is 199 g/mol. The predicted molar refractivity (Wildman–Crippen MR) is 52.5 cm³/mol. The van der Waals surface area contributed by atoms with Gasteiger partial charge in [-0.3, -0.25) is 4.79 Å². The predicted octanol–water partition coefficient (Wildman–Crippen LogP) is 1.97. The Morgan fingerprint density at radius 1 is 1.57 bits per heavy atom. The molecule has 0 radical (unpaired) electrons. The summed E-state index contributed by atoms with van der Waals surface area (Å²) >= 11 is 0. The maximum Gasteiger partial charge on any atom is 0.303 e. The molecule has 0 bridgehead atoms. The standard InChI is InChI=1S/C10H17NO3/c1-6(11-14)8-4-7(5-9(12)13)10(8,2)3/h7-8,14H,4-5H2,1-3H3,(H,12,13)/b11-6+. The van der Waals surface area contributed by atoms with Crippen molar-refractivity contribution in [2.24, 2.45) is 22.4 Å². The SMILES string of the molecule is C/C(=N\O)C1CC(CC(=O)O)C1(C)C. The second-order valence-corrected chi connectivity index (χ2v) is 4.65. The summed E-state index contributed by atoms with van der Waals surface area (Å²) in [6.45, 7) is 5.84. The molecule has 2 unspecified atom stereocenters. The van der Waals surface area contributed by atoms with Crippen molar-refractivity contribution in [3.05, 3.63) is 0 Å². The van der Waals surface area contributed by atoms with E-state index in [1.165, 1.54) is 0 Å². The molecule has 2 atom stereocenters. The molecule has 1 rings (SSSR count). The van der Waals surface area contributed by atoms with Crippen molar-refractivity contribution < 1.29 is 15.1 Å². The first-order chi connectivity index (χ1) is 6.39. The molecule has 2 N–H and O–H groups in total. The Kier molecular flexibility index (Phi) is 2.83. The summed E-state index contributed by atoms with van der Waals surface area (Å²) in [7, 11) is 0. The third kappa shape index (κ3) is 1.74. The Hall–Kier alpha value is -1.06. The van der Waals surface area contributed by atoms with Gasteiger partial charge in [-0.15, -0.1) is 0 Å². The first-order valence-electron chi connectivity index (χ1n) is 4.80. The van der Waals surface area contributed by atoms with Crippen molar-refractivity contribution >= 4 is 11.7 Å². The number of oxime groups is 1. The third-order valence-electron chi connectivity index (χ3n) is 3.55. The number of nitrogens with zero attached hydrogens (tertiary/aromatic N) is 1. The summed E-state index contributed by atoms with van der Waals surface area (Å²) < 4.78 is 0. The third-order valence-corrected chi connectivity index (χ3v) is 3.55. The van der Waals surface area contributed by atoms with Crippen LogP contribution in [0.2, 0.25) is 0 Å². The van der Waals surface area contributed by atoms with Gasteiger partial charge in [0.2, 0.25) is 0 Å². The van der Waals surface area contributed by atoms with Gasteiger partial charge in [-0.2, -0.15) is 0 Å². The van der Waals surface area contributed by atoms with Crippen molar-refractivity contribution in [1.82, 2.24) is 0 Å². The summed E-state index contributed by atoms with van der Waals surface area (Å²) in [6.07, 6.45) is 1.03. The van der Waals surface area contributed by atoms with Crippen molar-refractivity contribution in [1.29, 1.82) is 0 Å². The molecular weight excluding hydrogens is 182 g/mol. The maximum atomic E-state index is 10.6. The summed E-state index contributed by atoms with van der Waals surface area (Å²) in [5.41, 5.74) is 0.644. The largest absolute Gasteiger partial charge is 0.481 e. The van der Waals surface area contributed by atoms with E-state index in [0.29, 0.717) is 5.71 Å². The zero-order valence-electron chi connectivity index (χ0n) is 8.82. The van der Waals surface area contributed by atoms with Gasteiger partial charge in [-0.1, -0.05) is 19.0 Å². The van der Waals surface area contributed by atoms with Gasteiger partial charge >= 0.3 is 5.97 Å². The molecule has 14 heavy (non-hydrogen) atoms. The maximum absolute atomic E-state index is 10.6. The van der Waals surface area contributed by atoms with Crippen molar-refractivity contribution in [3.63, 3.8) is 0 Å². The fraction of sp³-hybridized carbons (Fsp3) is 0.800. The van der Waals surface area contributed by atoms with Gasteiger partial charge in [-0.25, -0.2) is 0 Å². The molecule has 4 nitrogen and oxygen atoms in total. The summed E-state index contributed by atoms with van der Waals surface area (Å²) in [5, 5.41) is 20.5. The zero-order chi connectivity index (χ0) is 10.9. The van der Waals surface area contributed by atoms with Crippen LogP contribution in [0, 0.1) is 17.3 Å². The molecule has 1 aliphatic carbocycles. The Balaban J connectivity index is 2.63. The van der Waals surface area contributed by atoms with Crippen LogP contribution in [0.15, 0.2) is 5.16 Å². The molecule has 0 amide bonds. The van der Waals surface area contributed by atoms with Gasteiger partial charge in [0, 0.05) is 12.3 Å². The lowest BCUT2D eigenvalue weighted by molar-refractivity contribution is -0.142. The van der Waals surface area contributed by atoms with Crippen molar-refractivity contribution in [3.8, 4) is 0 Å². The highest BCUT2D eigenvalue weighted by molar-refractivity contribution is 5.85. The smallest absolute Gasteiger partial charge is 0.303 e. The van der Waals surface area contributed by atoms with Crippen LogP contribution in [-0.4, -0.2) is 22.0 Å². The van der Waals surface area contributed by atoms with E-state index < -0.39 is 5.97 Å². The molecule has 0 saturated heterocycles. The summed E-state index contributed by atoms with van der Waals surface area (Å²) in [5.74, 6) is -0.335. The van der Waals surface area contributed by atoms with Crippen LogP contribution in [0.25, 0.3) is 0 Å².